The number of carbonyl (C=O) groups is 2. The summed E-state index contributed by atoms with van der Waals surface area (Å²) in [5, 5.41) is 0. The summed E-state index contributed by atoms with van der Waals surface area (Å²) in [4.78, 5) is 25.0. The number of esters is 1. The number of methoxy groups -OCH3 is 1. The Morgan fingerprint density at radius 1 is 1.07 bits per heavy atom. The number of benzene rings is 2. The molecule has 2 rings (SSSR count). The second-order valence-corrected chi connectivity index (χ2v) is 6.98. The second-order valence-electron chi connectivity index (χ2n) is 5.30. The van der Waals surface area contributed by atoms with Crippen LogP contribution in [0.4, 0.5) is 4.39 Å². The van der Waals surface area contributed by atoms with Crippen molar-refractivity contribution in [3.05, 3.63) is 59.9 Å². The van der Waals surface area contributed by atoms with E-state index in [9.17, 15) is 22.4 Å². The fourth-order valence-corrected chi connectivity index (χ4v) is 2.80. The highest BCUT2D eigenvalue weighted by molar-refractivity contribution is 7.89. The molecular weight excluding hydrogens is 379 g/mol. The normalized spacial score (nSPS) is 12.1. The molecule has 0 aliphatic rings. The van der Waals surface area contributed by atoms with Crippen molar-refractivity contribution in [2.45, 2.75) is 17.9 Å². The molecule has 0 spiro atoms. The van der Waals surface area contributed by atoms with E-state index in [1.165, 1.54) is 62.6 Å². The third kappa shape index (κ3) is 5.25. The van der Waals surface area contributed by atoms with Crippen LogP contribution >= 0.6 is 0 Å². The van der Waals surface area contributed by atoms with Gasteiger partial charge in [-0.25, -0.2) is 17.6 Å². The number of sulfonamides is 1. The fraction of sp³-hybridized carbons (Fsp3) is 0.176. The van der Waals surface area contributed by atoms with Crippen LogP contribution in [0.25, 0.3) is 0 Å². The molecule has 2 N–H and O–H groups in total. The van der Waals surface area contributed by atoms with Gasteiger partial charge in [0.25, 0.3) is 15.9 Å². The Hall–Kier alpha value is -2.98. The van der Waals surface area contributed by atoms with E-state index in [1.54, 1.807) is 0 Å². The van der Waals surface area contributed by atoms with Crippen LogP contribution < -0.4 is 15.0 Å². The first kappa shape index (κ1) is 20.3. The lowest BCUT2D eigenvalue weighted by Gasteiger charge is -2.15. The number of carbonyl (C=O) groups excluding carboxylic acids is 2. The summed E-state index contributed by atoms with van der Waals surface area (Å²) in [6.45, 7) is 1.33. The molecule has 0 bridgehead atoms. The molecule has 0 saturated carbocycles. The van der Waals surface area contributed by atoms with Crippen molar-refractivity contribution in [2.24, 2.45) is 0 Å². The van der Waals surface area contributed by atoms with Gasteiger partial charge in [0.15, 0.2) is 17.7 Å². The molecule has 10 heteroatoms. The number of nitrogens with one attached hydrogen (secondary N) is 2. The summed E-state index contributed by atoms with van der Waals surface area (Å²) in [5.41, 5.74) is 2.17. The molecule has 0 saturated heterocycles. The molecule has 8 nitrogen and oxygen atoms in total. The number of para-hydroxylation sites is 1. The number of ether oxygens (including phenoxy) is 2. The highest BCUT2D eigenvalue weighted by Gasteiger charge is 2.20. The molecule has 0 fully saturated rings. The van der Waals surface area contributed by atoms with Gasteiger partial charge in [0.1, 0.15) is 0 Å². The summed E-state index contributed by atoms with van der Waals surface area (Å²) in [7, 11) is -2.88. The van der Waals surface area contributed by atoms with Crippen LogP contribution in [0.1, 0.15) is 17.3 Å². The first-order chi connectivity index (χ1) is 12.7. The standard InChI is InChI=1S/C17H17FN2O6S/c1-11(26-15-6-4-3-5-14(15)18)16(21)19-20-27(23,24)13-9-7-12(8-10-13)17(22)25-2/h3-11,20H,1-2H3,(H,19,21)/t11-/m0/s1. The zero-order chi connectivity index (χ0) is 20.0. The van der Waals surface area contributed by atoms with Crippen LogP contribution in [-0.2, 0) is 19.6 Å². The smallest absolute Gasteiger partial charge is 0.337 e. The van der Waals surface area contributed by atoms with E-state index in [4.69, 9.17) is 4.74 Å². The van der Waals surface area contributed by atoms with E-state index in [0.29, 0.717) is 0 Å². The van der Waals surface area contributed by atoms with Crippen LogP contribution in [0, 0.1) is 5.82 Å². The molecule has 0 aliphatic heterocycles. The topological polar surface area (TPSA) is 111 Å². The quantitative estimate of drug-likeness (QED) is 0.541. The van der Waals surface area contributed by atoms with Gasteiger partial charge in [-0.1, -0.05) is 12.1 Å². The molecular formula is C17H17FN2O6S. The third-order valence-corrected chi connectivity index (χ3v) is 4.67. The van der Waals surface area contributed by atoms with Crippen molar-refractivity contribution >= 4 is 21.9 Å². The summed E-state index contributed by atoms with van der Waals surface area (Å²) < 4.78 is 47.6. The molecule has 0 aliphatic carbocycles. The molecule has 0 aromatic heterocycles. The highest BCUT2D eigenvalue weighted by atomic mass is 32.2. The SMILES string of the molecule is COC(=O)c1ccc(S(=O)(=O)NNC(=O)[C@H](C)Oc2ccccc2F)cc1. The molecule has 0 unspecified atom stereocenters. The Morgan fingerprint density at radius 2 is 1.70 bits per heavy atom. The lowest BCUT2D eigenvalue weighted by molar-refractivity contribution is -0.127. The number of halogens is 1. The van der Waals surface area contributed by atoms with Crippen LogP contribution in [0.2, 0.25) is 0 Å². The van der Waals surface area contributed by atoms with E-state index in [1.807, 2.05) is 10.3 Å². The minimum atomic E-state index is -4.08. The van der Waals surface area contributed by atoms with Gasteiger partial charge in [0, 0.05) is 0 Å². The van der Waals surface area contributed by atoms with Crippen molar-refractivity contribution in [3.8, 4) is 5.75 Å². The van der Waals surface area contributed by atoms with Crippen LogP contribution in [0.15, 0.2) is 53.4 Å². The number of amides is 1. The summed E-state index contributed by atoms with van der Waals surface area (Å²) in [5.74, 6) is -2.22. The van der Waals surface area contributed by atoms with Crippen LogP contribution in [0.5, 0.6) is 5.75 Å². The summed E-state index contributed by atoms with van der Waals surface area (Å²) >= 11 is 0. The molecule has 144 valence electrons. The fourth-order valence-electron chi connectivity index (χ4n) is 1.95. The second kappa shape index (κ2) is 8.60. The minimum absolute atomic E-state index is 0.138. The third-order valence-electron chi connectivity index (χ3n) is 3.40. The first-order valence-corrected chi connectivity index (χ1v) is 9.14. The molecule has 0 heterocycles. The lowest BCUT2D eigenvalue weighted by atomic mass is 10.2. The molecule has 1 atom stereocenters. The predicted molar refractivity (Wildman–Crippen MR) is 92.7 cm³/mol. The maximum absolute atomic E-state index is 13.5. The van der Waals surface area contributed by atoms with Crippen molar-refractivity contribution in [3.63, 3.8) is 0 Å². The van der Waals surface area contributed by atoms with Gasteiger partial charge in [-0.3, -0.25) is 10.2 Å². The predicted octanol–water partition coefficient (Wildman–Crippen LogP) is 1.39. The molecule has 2 aromatic rings. The Labute approximate surface area is 155 Å². The zero-order valence-electron chi connectivity index (χ0n) is 14.4. The summed E-state index contributed by atoms with van der Waals surface area (Å²) in [6, 6.07) is 10.4. The van der Waals surface area contributed by atoms with Crippen LogP contribution in [0.3, 0.4) is 0 Å². The Morgan fingerprint density at radius 3 is 2.30 bits per heavy atom. The van der Waals surface area contributed by atoms with Crippen molar-refractivity contribution in [1.82, 2.24) is 10.3 Å². The molecule has 1 amide bonds. The number of hydrogen-bond donors (Lipinski definition) is 2. The van der Waals surface area contributed by atoms with Crippen molar-refractivity contribution in [2.75, 3.05) is 7.11 Å². The van der Waals surface area contributed by atoms with E-state index >= 15 is 0 Å². The van der Waals surface area contributed by atoms with Gasteiger partial charge in [-0.05, 0) is 43.3 Å². The number of rotatable bonds is 7. The van der Waals surface area contributed by atoms with Gasteiger partial charge < -0.3 is 9.47 Å². The average molecular weight is 396 g/mol. The molecule has 0 radical (unpaired) electrons. The van der Waals surface area contributed by atoms with Gasteiger partial charge in [0.05, 0.1) is 17.6 Å². The lowest BCUT2D eigenvalue weighted by Crippen LogP contribution is -2.47. The van der Waals surface area contributed by atoms with E-state index in [0.717, 1.165) is 0 Å². The monoisotopic (exact) mass is 396 g/mol. The van der Waals surface area contributed by atoms with E-state index in [-0.39, 0.29) is 16.2 Å². The number of hydrazine groups is 1. The van der Waals surface area contributed by atoms with Crippen molar-refractivity contribution < 1.29 is 31.9 Å². The largest absolute Gasteiger partial charge is 0.478 e. The highest BCUT2D eigenvalue weighted by Crippen LogP contribution is 2.17. The maximum Gasteiger partial charge on any atom is 0.337 e. The molecule has 2 aromatic carbocycles. The van der Waals surface area contributed by atoms with E-state index in [2.05, 4.69) is 4.74 Å². The average Bonchev–Trinajstić information content (AvgIpc) is 2.67. The maximum atomic E-state index is 13.5. The molecule has 27 heavy (non-hydrogen) atoms. The van der Waals surface area contributed by atoms with Gasteiger partial charge in [-0.15, -0.1) is 4.83 Å². The van der Waals surface area contributed by atoms with Gasteiger partial charge >= 0.3 is 5.97 Å². The van der Waals surface area contributed by atoms with Crippen molar-refractivity contribution in [1.29, 1.82) is 0 Å². The first-order valence-electron chi connectivity index (χ1n) is 7.66. The Kier molecular flexibility index (Phi) is 6.48. The van der Waals surface area contributed by atoms with Gasteiger partial charge in [0.2, 0.25) is 0 Å². The number of hydrogen-bond acceptors (Lipinski definition) is 6. The van der Waals surface area contributed by atoms with Gasteiger partial charge in [-0.2, -0.15) is 0 Å². The van der Waals surface area contributed by atoms with E-state index < -0.39 is 33.8 Å². The zero-order valence-corrected chi connectivity index (χ0v) is 15.2. The Bertz CT molecular complexity index is 931. The van der Waals surface area contributed by atoms with Crippen LogP contribution in [-0.4, -0.2) is 33.5 Å². The Balaban J connectivity index is 1.98. The minimum Gasteiger partial charge on any atom is -0.478 e. The summed E-state index contributed by atoms with van der Waals surface area (Å²) in [6.07, 6.45) is -1.16.